The van der Waals surface area contributed by atoms with E-state index in [1.807, 2.05) is 48.7 Å². The molecule has 0 saturated heterocycles. The summed E-state index contributed by atoms with van der Waals surface area (Å²) in [4.78, 5) is 19.8. The molecule has 0 radical (unpaired) electrons. The van der Waals surface area contributed by atoms with Crippen molar-refractivity contribution >= 4 is 16.8 Å². The van der Waals surface area contributed by atoms with Crippen molar-refractivity contribution in [3.05, 3.63) is 60.4 Å². The zero-order valence-electron chi connectivity index (χ0n) is 13.9. The molecule has 0 spiro atoms. The van der Waals surface area contributed by atoms with E-state index in [4.69, 9.17) is 4.74 Å². The molecule has 0 atom stereocenters. The fraction of sp³-hybridized carbons (Fsp3) is 0.300. The second-order valence-electron chi connectivity index (χ2n) is 6.51. The molecule has 4 rings (SSSR count). The van der Waals surface area contributed by atoms with Gasteiger partial charge in [-0.15, -0.1) is 0 Å². The van der Waals surface area contributed by atoms with Gasteiger partial charge in [-0.1, -0.05) is 6.07 Å². The Morgan fingerprint density at radius 1 is 1.12 bits per heavy atom. The molecule has 1 amide bonds. The molecule has 2 N–H and O–H groups in total. The summed E-state index contributed by atoms with van der Waals surface area (Å²) in [5, 5.41) is 4.21. The van der Waals surface area contributed by atoms with Crippen molar-refractivity contribution in [2.24, 2.45) is 0 Å². The molecule has 1 saturated carbocycles. The van der Waals surface area contributed by atoms with Crippen molar-refractivity contribution in [3.8, 4) is 5.88 Å². The van der Waals surface area contributed by atoms with Crippen molar-refractivity contribution in [2.45, 2.75) is 37.8 Å². The van der Waals surface area contributed by atoms with E-state index in [0.29, 0.717) is 11.4 Å². The Labute approximate surface area is 146 Å². The summed E-state index contributed by atoms with van der Waals surface area (Å²) in [5.74, 6) is 0.673. The molecule has 1 aromatic carbocycles. The second-order valence-corrected chi connectivity index (χ2v) is 6.51. The predicted octanol–water partition coefficient (Wildman–Crippen LogP) is 3.68. The van der Waals surface area contributed by atoms with Crippen molar-refractivity contribution in [2.75, 3.05) is 0 Å². The molecular weight excluding hydrogens is 314 g/mol. The first-order chi connectivity index (χ1) is 12.3. The normalized spacial score (nSPS) is 20.3. The number of hydrogen-bond donors (Lipinski definition) is 2. The molecule has 0 bridgehead atoms. The van der Waals surface area contributed by atoms with Crippen molar-refractivity contribution in [3.63, 3.8) is 0 Å². The van der Waals surface area contributed by atoms with Crippen LogP contribution in [0.3, 0.4) is 0 Å². The maximum absolute atomic E-state index is 12.5. The Kier molecular flexibility index (Phi) is 4.37. The number of pyridine rings is 1. The SMILES string of the molecule is O=C(NC1CCC(Oc2ccccn2)CC1)c1ccc2[nH]ccc2c1. The predicted molar refractivity (Wildman–Crippen MR) is 96.7 cm³/mol. The molecule has 1 fully saturated rings. The molecule has 5 nitrogen and oxygen atoms in total. The summed E-state index contributed by atoms with van der Waals surface area (Å²) in [7, 11) is 0. The van der Waals surface area contributed by atoms with Gasteiger partial charge in [0.25, 0.3) is 5.91 Å². The fourth-order valence-corrected chi connectivity index (χ4v) is 3.38. The summed E-state index contributed by atoms with van der Waals surface area (Å²) in [6.07, 6.45) is 7.51. The highest BCUT2D eigenvalue weighted by Crippen LogP contribution is 2.23. The van der Waals surface area contributed by atoms with Crippen LogP contribution in [-0.2, 0) is 0 Å². The molecule has 1 aliphatic carbocycles. The summed E-state index contributed by atoms with van der Waals surface area (Å²) in [6.45, 7) is 0. The largest absolute Gasteiger partial charge is 0.474 e. The van der Waals surface area contributed by atoms with Crippen LogP contribution in [0.1, 0.15) is 36.0 Å². The number of carbonyl (C=O) groups is 1. The summed E-state index contributed by atoms with van der Waals surface area (Å²) >= 11 is 0. The maximum Gasteiger partial charge on any atom is 0.251 e. The minimum atomic E-state index is -0.00260. The van der Waals surface area contributed by atoms with E-state index in [2.05, 4.69) is 15.3 Å². The van der Waals surface area contributed by atoms with E-state index in [-0.39, 0.29) is 18.1 Å². The minimum absolute atomic E-state index is 0.00260. The van der Waals surface area contributed by atoms with Crippen LogP contribution in [0.15, 0.2) is 54.9 Å². The lowest BCUT2D eigenvalue weighted by Gasteiger charge is -2.29. The number of nitrogens with one attached hydrogen (secondary N) is 2. The maximum atomic E-state index is 12.5. The standard InChI is InChI=1S/C20H21N3O2/c24-20(15-4-9-18-14(13-15)10-12-21-18)23-16-5-7-17(8-6-16)25-19-3-1-2-11-22-19/h1-4,9-13,16-17,21H,5-8H2,(H,23,24). The lowest BCUT2D eigenvalue weighted by Crippen LogP contribution is -2.39. The van der Waals surface area contributed by atoms with E-state index >= 15 is 0 Å². The molecule has 3 aromatic rings. The number of nitrogens with zero attached hydrogens (tertiary/aromatic N) is 1. The van der Waals surface area contributed by atoms with Crippen LogP contribution in [0.25, 0.3) is 10.9 Å². The van der Waals surface area contributed by atoms with Crippen molar-refractivity contribution in [1.29, 1.82) is 0 Å². The lowest BCUT2D eigenvalue weighted by molar-refractivity contribution is 0.0890. The Bertz CT molecular complexity index is 852. The highest BCUT2D eigenvalue weighted by atomic mass is 16.5. The Hall–Kier alpha value is -2.82. The van der Waals surface area contributed by atoms with Crippen LogP contribution in [0, 0.1) is 0 Å². The van der Waals surface area contributed by atoms with Crippen LogP contribution in [0.5, 0.6) is 5.88 Å². The number of H-pyrrole nitrogens is 1. The van der Waals surface area contributed by atoms with Crippen LogP contribution in [0.2, 0.25) is 0 Å². The number of rotatable bonds is 4. The number of ether oxygens (including phenoxy) is 1. The third-order valence-electron chi connectivity index (χ3n) is 4.75. The van der Waals surface area contributed by atoms with Crippen molar-refractivity contribution in [1.82, 2.24) is 15.3 Å². The molecule has 0 aliphatic heterocycles. The van der Waals surface area contributed by atoms with Gasteiger partial charge in [0.15, 0.2) is 0 Å². The first-order valence-electron chi connectivity index (χ1n) is 8.73. The number of aromatic nitrogens is 2. The van der Waals surface area contributed by atoms with Gasteiger partial charge in [0.05, 0.1) is 0 Å². The molecule has 25 heavy (non-hydrogen) atoms. The minimum Gasteiger partial charge on any atom is -0.474 e. The molecule has 2 aromatic heterocycles. The molecular formula is C20H21N3O2. The van der Waals surface area contributed by atoms with E-state index < -0.39 is 0 Å². The Balaban J connectivity index is 1.31. The average molecular weight is 335 g/mol. The third kappa shape index (κ3) is 3.65. The van der Waals surface area contributed by atoms with Gasteiger partial charge in [0.1, 0.15) is 6.10 Å². The zero-order chi connectivity index (χ0) is 17.1. The second kappa shape index (κ2) is 6.97. The van der Waals surface area contributed by atoms with E-state index in [9.17, 15) is 4.79 Å². The fourth-order valence-electron chi connectivity index (χ4n) is 3.38. The van der Waals surface area contributed by atoms with Gasteiger partial charge in [0.2, 0.25) is 5.88 Å². The number of fused-ring (bicyclic) bond motifs is 1. The number of benzene rings is 1. The number of hydrogen-bond acceptors (Lipinski definition) is 3. The quantitative estimate of drug-likeness (QED) is 0.764. The topological polar surface area (TPSA) is 67.0 Å². The van der Waals surface area contributed by atoms with E-state index in [1.165, 1.54) is 0 Å². The van der Waals surface area contributed by atoms with Gasteiger partial charge in [-0.3, -0.25) is 4.79 Å². The molecule has 1 aliphatic rings. The van der Waals surface area contributed by atoms with Gasteiger partial charge in [0, 0.05) is 41.0 Å². The van der Waals surface area contributed by atoms with Crippen LogP contribution < -0.4 is 10.1 Å². The first kappa shape index (κ1) is 15.7. The smallest absolute Gasteiger partial charge is 0.251 e. The number of carbonyl (C=O) groups excluding carboxylic acids is 1. The highest BCUT2D eigenvalue weighted by molar-refractivity contribution is 5.98. The zero-order valence-corrected chi connectivity index (χ0v) is 13.9. The average Bonchev–Trinajstić information content (AvgIpc) is 3.12. The van der Waals surface area contributed by atoms with Gasteiger partial charge >= 0.3 is 0 Å². The van der Waals surface area contributed by atoms with Crippen LogP contribution in [-0.4, -0.2) is 28.0 Å². The van der Waals surface area contributed by atoms with Gasteiger partial charge in [-0.25, -0.2) is 4.98 Å². The number of amides is 1. The molecule has 128 valence electrons. The molecule has 0 unspecified atom stereocenters. The van der Waals surface area contributed by atoms with Crippen LogP contribution >= 0.6 is 0 Å². The highest BCUT2D eigenvalue weighted by Gasteiger charge is 2.24. The summed E-state index contributed by atoms with van der Waals surface area (Å²) in [5.41, 5.74) is 1.75. The Morgan fingerprint density at radius 2 is 2.00 bits per heavy atom. The van der Waals surface area contributed by atoms with E-state index in [1.54, 1.807) is 6.20 Å². The van der Waals surface area contributed by atoms with Gasteiger partial charge < -0.3 is 15.0 Å². The third-order valence-corrected chi connectivity index (χ3v) is 4.75. The molecule has 5 heteroatoms. The number of aromatic amines is 1. The first-order valence-corrected chi connectivity index (χ1v) is 8.73. The summed E-state index contributed by atoms with van der Waals surface area (Å²) < 4.78 is 5.91. The van der Waals surface area contributed by atoms with Crippen LogP contribution in [0.4, 0.5) is 0 Å². The molecule has 2 heterocycles. The lowest BCUT2D eigenvalue weighted by atomic mass is 9.92. The van der Waals surface area contributed by atoms with Gasteiger partial charge in [-0.05, 0) is 56.0 Å². The monoisotopic (exact) mass is 335 g/mol. The Morgan fingerprint density at radius 3 is 2.80 bits per heavy atom. The van der Waals surface area contributed by atoms with E-state index in [0.717, 1.165) is 36.6 Å². The van der Waals surface area contributed by atoms with Gasteiger partial charge in [-0.2, -0.15) is 0 Å². The summed E-state index contributed by atoms with van der Waals surface area (Å²) in [6, 6.07) is 13.6. The van der Waals surface area contributed by atoms with Crippen molar-refractivity contribution < 1.29 is 9.53 Å².